The summed E-state index contributed by atoms with van der Waals surface area (Å²) in [6.45, 7) is 2.55. The second-order valence-corrected chi connectivity index (χ2v) is 4.87. The third-order valence-corrected chi connectivity index (χ3v) is 3.44. The number of aromatic nitrogens is 3. The van der Waals surface area contributed by atoms with E-state index in [9.17, 15) is 0 Å². The highest BCUT2D eigenvalue weighted by molar-refractivity contribution is 7.13. The molecule has 0 saturated carbocycles. The number of rotatable bonds is 7. The molecule has 6 heteroatoms. The largest absolute Gasteiger partial charge is 0.383 e. The zero-order valence-corrected chi connectivity index (χ0v) is 11.5. The Kier molecular flexibility index (Phi) is 4.86. The smallest absolute Gasteiger partial charge is 0.143 e. The molecule has 0 saturated heterocycles. The molecule has 0 radical (unpaired) electrons. The summed E-state index contributed by atoms with van der Waals surface area (Å²) >= 11 is 1.64. The highest BCUT2D eigenvalue weighted by atomic mass is 32.1. The Morgan fingerprint density at radius 2 is 2.33 bits per heavy atom. The normalized spacial score (nSPS) is 11.0. The molecule has 0 aliphatic rings. The van der Waals surface area contributed by atoms with Gasteiger partial charge in [-0.25, -0.2) is 4.98 Å². The first kappa shape index (κ1) is 13.2. The summed E-state index contributed by atoms with van der Waals surface area (Å²) in [6.07, 6.45) is 2.87. The molecule has 1 N–H and O–H groups in total. The van der Waals surface area contributed by atoms with Crippen molar-refractivity contribution in [3.63, 3.8) is 0 Å². The molecule has 2 rings (SSSR count). The van der Waals surface area contributed by atoms with Crippen molar-refractivity contribution in [2.24, 2.45) is 7.05 Å². The van der Waals surface area contributed by atoms with Crippen LogP contribution in [0.15, 0.2) is 17.6 Å². The van der Waals surface area contributed by atoms with Crippen LogP contribution in [0.3, 0.4) is 0 Å². The van der Waals surface area contributed by atoms with Crippen LogP contribution in [0.4, 0.5) is 0 Å². The molecule has 98 valence electrons. The van der Waals surface area contributed by atoms with Gasteiger partial charge in [0.05, 0.1) is 12.3 Å². The van der Waals surface area contributed by atoms with Crippen molar-refractivity contribution < 1.29 is 4.74 Å². The second kappa shape index (κ2) is 6.63. The predicted molar refractivity (Wildman–Crippen MR) is 72.8 cm³/mol. The lowest BCUT2D eigenvalue weighted by molar-refractivity contribution is 0.199. The quantitative estimate of drug-likeness (QED) is 0.768. The van der Waals surface area contributed by atoms with E-state index in [2.05, 4.69) is 20.8 Å². The summed E-state index contributed by atoms with van der Waals surface area (Å²) in [6, 6.07) is 1.99. The maximum Gasteiger partial charge on any atom is 0.143 e. The molecule has 0 atom stereocenters. The maximum absolute atomic E-state index is 4.97. The van der Waals surface area contributed by atoms with E-state index in [1.54, 1.807) is 23.1 Å². The number of thiazole rings is 1. The summed E-state index contributed by atoms with van der Waals surface area (Å²) in [5.41, 5.74) is 2.06. The highest BCUT2D eigenvalue weighted by Gasteiger charge is 2.06. The van der Waals surface area contributed by atoms with E-state index in [0.717, 1.165) is 42.5 Å². The van der Waals surface area contributed by atoms with E-state index in [4.69, 9.17) is 4.74 Å². The average molecular weight is 266 g/mol. The molecule has 0 spiro atoms. The number of aryl methyl sites for hydroxylation is 1. The number of hydrogen-bond acceptors (Lipinski definition) is 5. The number of nitrogens with zero attached hydrogens (tertiary/aromatic N) is 3. The third kappa shape index (κ3) is 3.63. The molecule has 0 amide bonds. The van der Waals surface area contributed by atoms with Crippen LogP contribution in [0.5, 0.6) is 0 Å². The van der Waals surface area contributed by atoms with Gasteiger partial charge >= 0.3 is 0 Å². The van der Waals surface area contributed by atoms with Crippen molar-refractivity contribution >= 4 is 11.3 Å². The monoisotopic (exact) mass is 266 g/mol. The number of hydrogen-bond donors (Lipinski definition) is 1. The van der Waals surface area contributed by atoms with E-state index < -0.39 is 0 Å². The zero-order chi connectivity index (χ0) is 12.8. The number of methoxy groups -OCH3 is 1. The zero-order valence-electron chi connectivity index (χ0n) is 10.7. The first-order valence-corrected chi connectivity index (χ1v) is 6.81. The summed E-state index contributed by atoms with van der Waals surface area (Å²) in [5.74, 6) is 0. The standard InChI is InChI=1S/C12H18N4OS/c1-16-7-4-11(15-16)12-14-10(9-18-12)3-5-13-6-8-17-2/h4,7,9,13H,3,5-6,8H2,1-2H3. The van der Waals surface area contributed by atoms with E-state index in [0.29, 0.717) is 0 Å². The van der Waals surface area contributed by atoms with Crippen molar-refractivity contribution in [3.05, 3.63) is 23.3 Å². The van der Waals surface area contributed by atoms with Crippen LogP contribution in [0.25, 0.3) is 10.7 Å². The maximum atomic E-state index is 4.97. The van der Waals surface area contributed by atoms with Gasteiger partial charge in [-0.1, -0.05) is 0 Å². The molecule has 5 nitrogen and oxygen atoms in total. The first-order valence-electron chi connectivity index (χ1n) is 5.93. The van der Waals surface area contributed by atoms with Gasteiger partial charge in [0.2, 0.25) is 0 Å². The lowest BCUT2D eigenvalue weighted by Gasteiger charge is -2.01. The van der Waals surface area contributed by atoms with Crippen molar-refractivity contribution in [3.8, 4) is 10.7 Å². The lowest BCUT2D eigenvalue weighted by atomic mass is 10.3. The van der Waals surface area contributed by atoms with Crippen LogP contribution in [0, 0.1) is 0 Å². The second-order valence-electron chi connectivity index (χ2n) is 4.01. The molecule has 0 aliphatic heterocycles. The Balaban J connectivity index is 1.83. The fourth-order valence-corrected chi connectivity index (χ4v) is 2.40. The van der Waals surface area contributed by atoms with Crippen LogP contribution in [0.1, 0.15) is 5.69 Å². The van der Waals surface area contributed by atoms with Gasteiger partial charge in [0.1, 0.15) is 10.7 Å². The fourth-order valence-electron chi connectivity index (χ4n) is 1.58. The van der Waals surface area contributed by atoms with Crippen molar-refractivity contribution in [2.75, 3.05) is 26.8 Å². The van der Waals surface area contributed by atoms with E-state index in [1.165, 1.54) is 0 Å². The Bertz CT molecular complexity index is 480. The van der Waals surface area contributed by atoms with Crippen molar-refractivity contribution in [1.29, 1.82) is 0 Å². The average Bonchev–Trinajstić information content (AvgIpc) is 2.97. The summed E-state index contributed by atoms with van der Waals surface area (Å²) in [7, 11) is 3.62. The molecular formula is C12H18N4OS. The Morgan fingerprint density at radius 3 is 3.06 bits per heavy atom. The summed E-state index contributed by atoms with van der Waals surface area (Å²) in [4.78, 5) is 4.58. The molecular weight excluding hydrogens is 248 g/mol. The van der Waals surface area contributed by atoms with Gasteiger partial charge in [-0.05, 0) is 6.07 Å². The lowest BCUT2D eigenvalue weighted by Crippen LogP contribution is -2.21. The van der Waals surface area contributed by atoms with Crippen LogP contribution in [-0.2, 0) is 18.2 Å². The van der Waals surface area contributed by atoms with Gasteiger partial charge in [0.25, 0.3) is 0 Å². The molecule has 0 bridgehead atoms. The topological polar surface area (TPSA) is 52.0 Å². The molecule has 2 heterocycles. The van der Waals surface area contributed by atoms with Crippen LogP contribution >= 0.6 is 11.3 Å². The van der Waals surface area contributed by atoms with Crippen LogP contribution in [-0.4, -0.2) is 41.6 Å². The Morgan fingerprint density at radius 1 is 1.44 bits per heavy atom. The summed E-state index contributed by atoms with van der Waals surface area (Å²) < 4.78 is 6.77. The molecule has 0 unspecified atom stereocenters. The minimum atomic E-state index is 0.746. The van der Waals surface area contributed by atoms with Gasteiger partial charge in [-0.15, -0.1) is 11.3 Å². The van der Waals surface area contributed by atoms with Crippen molar-refractivity contribution in [2.45, 2.75) is 6.42 Å². The van der Waals surface area contributed by atoms with Gasteiger partial charge in [-0.2, -0.15) is 5.10 Å². The first-order chi connectivity index (χ1) is 8.79. The van der Waals surface area contributed by atoms with Crippen LogP contribution in [0.2, 0.25) is 0 Å². The molecule has 2 aromatic rings. The van der Waals surface area contributed by atoms with E-state index >= 15 is 0 Å². The predicted octanol–water partition coefficient (Wildman–Crippen LogP) is 1.32. The highest BCUT2D eigenvalue weighted by Crippen LogP contribution is 2.21. The van der Waals surface area contributed by atoms with E-state index in [-0.39, 0.29) is 0 Å². The molecule has 0 aromatic carbocycles. The minimum Gasteiger partial charge on any atom is -0.383 e. The molecule has 18 heavy (non-hydrogen) atoms. The van der Waals surface area contributed by atoms with Crippen molar-refractivity contribution in [1.82, 2.24) is 20.1 Å². The van der Waals surface area contributed by atoms with E-state index in [1.807, 2.05) is 19.3 Å². The minimum absolute atomic E-state index is 0.746. The number of nitrogens with one attached hydrogen (secondary N) is 1. The fraction of sp³-hybridized carbons (Fsp3) is 0.500. The third-order valence-electron chi connectivity index (χ3n) is 2.53. The number of ether oxygens (including phenoxy) is 1. The Labute approximate surface area is 111 Å². The van der Waals surface area contributed by atoms with Gasteiger partial charge in [0, 0.05) is 45.2 Å². The van der Waals surface area contributed by atoms with Gasteiger partial charge in [-0.3, -0.25) is 4.68 Å². The molecule has 0 fully saturated rings. The van der Waals surface area contributed by atoms with Gasteiger partial charge < -0.3 is 10.1 Å². The molecule has 0 aliphatic carbocycles. The summed E-state index contributed by atoms with van der Waals surface area (Å²) in [5, 5.41) is 10.7. The van der Waals surface area contributed by atoms with Crippen LogP contribution < -0.4 is 5.32 Å². The molecule has 2 aromatic heterocycles. The Hall–Kier alpha value is -1.24. The SMILES string of the molecule is COCCNCCc1csc(-c2ccn(C)n2)n1. The van der Waals surface area contributed by atoms with Gasteiger partial charge in [0.15, 0.2) is 0 Å².